The zero-order chi connectivity index (χ0) is 13.1. The Morgan fingerprint density at radius 2 is 2.18 bits per heavy atom. The second-order valence-electron chi connectivity index (χ2n) is 3.04. The van der Waals surface area contributed by atoms with E-state index in [4.69, 9.17) is 5.73 Å². The first-order valence-corrected chi connectivity index (χ1v) is 4.84. The first kappa shape index (κ1) is 13.5. The van der Waals surface area contributed by atoms with Gasteiger partial charge in [-0.2, -0.15) is 13.2 Å². The van der Waals surface area contributed by atoms with Gasteiger partial charge in [0.05, 0.1) is 6.61 Å². The normalized spacial score (nSPS) is 11.6. The van der Waals surface area contributed by atoms with Crippen LogP contribution in [0.15, 0.2) is 4.42 Å². The first-order chi connectivity index (χ1) is 7.90. The molecule has 0 saturated carbocycles. The molecule has 0 aliphatic rings. The second kappa shape index (κ2) is 5.17. The molecule has 0 radical (unpaired) electrons. The number of nitrogens with two attached hydrogens (primary N) is 1. The van der Waals surface area contributed by atoms with Gasteiger partial charge in [-0.05, 0) is 6.92 Å². The molecule has 0 atom stereocenters. The zero-order valence-electron chi connectivity index (χ0n) is 9.00. The molecule has 0 aromatic carbocycles. The molecule has 0 fully saturated rings. The smallest absolute Gasteiger partial charge is 0.452 e. The van der Waals surface area contributed by atoms with E-state index in [1.165, 1.54) is 6.92 Å². The van der Waals surface area contributed by atoms with E-state index in [0.29, 0.717) is 0 Å². The van der Waals surface area contributed by atoms with Crippen molar-refractivity contribution in [3.05, 3.63) is 17.3 Å². The lowest BCUT2D eigenvalue weighted by Crippen LogP contribution is -2.13. The minimum Gasteiger partial charge on any atom is -0.461 e. The molecule has 2 N–H and O–H groups in total. The molecule has 8 heteroatoms. The molecular weight excluding hydrogens is 241 g/mol. The highest BCUT2D eigenvalue weighted by atomic mass is 19.4. The molecule has 1 aromatic rings. The highest BCUT2D eigenvalue weighted by Gasteiger charge is 2.42. The SMILES string of the molecule is CCOC(=O)c1nc(CCN)oc1C(F)(F)F. The monoisotopic (exact) mass is 252 g/mol. The third kappa shape index (κ3) is 3.19. The fraction of sp³-hybridized carbons (Fsp3) is 0.556. The highest BCUT2D eigenvalue weighted by Crippen LogP contribution is 2.33. The molecule has 0 bridgehead atoms. The molecule has 5 nitrogen and oxygen atoms in total. The van der Waals surface area contributed by atoms with Crippen LogP contribution in [0.4, 0.5) is 13.2 Å². The molecule has 0 amide bonds. The van der Waals surface area contributed by atoms with Crippen LogP contribution < -0.4 is 5.73 Å². The molecule has 1 rings (SSSR count). The fourth-order valence-corrected chi connectivity index (χ4v) is 1.12. The molecule has 0 aliphatic heterocycles. The Morgan fingerprint density at radius 1 is 1.53 bits per heavy atom. The van der Waals surface area contributed by atoms with Crippen molar-refractivity contribution in [3.63, 3.8) is 0 Å². The Balaban J connectivity index is 3.12. The van der Waals surface area contributed by atoms with Gasteiger partial charge in [0.2, 0.25) is 5.76 Å². The van der Waals surface area contributed by atoms with Gasteiger partial charge >= 0.3 is 12.1 Å². The van der Waals surface area contributed by atoms with Crippen molar-refractivity contribution in [1.29, 1.82) is 0 Å². The van der Waals surface area contributed by atoms with E-state index in [2.05, 4.69) is 14.1 Å². The van der Waals surface area contributed by atoms with Gasteiger partial charge in [-0.15, -0.1) is 0 Å². The number of rotatable bonds is 4. The molecule has 96 valence electrons. The Morgan fingerprint density at radius 3 is 2.65 bits per heavy atom. The molecule has 0 saturated heterocycles. The Labute approximate surface area is 94.7 Å². The van der Waals surface area contributed by atoms with E-state index >= 15 is 0 Å². The van der Waals surface area contributed by atoms with Crippen LogP contribution in [0.2, 0.25) is 0 Å². The Kier molecular flexibility index (Phi) is 4.11. The minimum absolute atomic E-state index is 0.0164. The number of ether oxygens (including phenoxy) is 1. The lowest BCUT2D eigenvalue weighted by atomic mass is 10.3. The third-order valence-electron chi connectivity index (χ3n) is 1.76. The zero-order valence-corrected chi connectivity index (χ0v) is 9.00. The van der Waals surface area contributed by atoms with Crippen LogP contribution in [-0.2, 0) is 17.3 Å². The predicted molar refractivity (Wildman–Crippen MR) is 50.2 cm³/mol. The number of halogens is 3. The average molecular weight is 252 g/mol. The van der Waals surface area contributed by atoms with Crippen molar-refractivity contribution in [3.8, 4) is 0 Å². The largest absolute Gasteiger partial charge is 0.461 e. The number of alkyl halides is 3. The summed E-state index contributed by atoms with van der Waals surface area (Å²) in [4.78, 5) is 14.7. The number of oxazole rings is 1. The van der Waals surface area contributed by atoms with Crippen molar-refractivity contribution in [1.82, 2.24) is 4.98 Å². The van der Waals surface area contributed by atoms with E-state index in [1.54, 1.807) is 0 Å². The summed E-state index contributed by atoms with van der Waals surface area (Å²) < 4.78 is 46.5. The van der Waals surface area contributed by atoms with Crippen LogP contribution in [-0.4, -0.2) is 24.1 Å². The summed E-state index contributed by atoms with van der Waals surface area (Å²) in [5, 5.41) is 0. The Hall–Kier alpha value is -1.57. The summed E-state index contributed by atoms with van der Waals surface area (Å²) in [5.41, 5.74) is 4.31. The summed E-state index contributed by atoms with van der Waals surface area (Å²) >= 11 is 0. The van der Waals surface area contributed by atoms with Gasteiger partial charge < -0.3 is 14.9 Å². The molecule has 0 spiro atoms. The molecule has 1 heterocycles. The molecule has 1 aromatic heterocycles. The number of hydrogen-bond donors (Lipinski definition) is 1. The van der Waals surface area contributed by atoms with Gasteiger partial charge in [-0.25, -0.2) is 9.78 Å². The van der Waals surface area contributed by atoms with Crippen LogP contribution in [0.1, 0.15) is 29.1 Å². The first-order valence-electron chi connectivity index (χ1n) is 4.84. The van der Waals surface area contributed by atoms with Crippen LogP contribution >= 0.6 is 0 Å². The van der Waals surface area contributed by atoms with E-state index in [-0.39, 0.29) is 25.5 Å². The van der Waals surface area contributed by atoms with Gasteiger partial charge in [0.25, 0.3) is 0 Å². The van der Waals surface area contributed by atoms with E-state index in [9.17, 15) is 18.0 Å². The van der Waals surface area contributed by atoms with Gasteiger partial charge in [0, 0.05) is 13.0 Å². The number of carbonyl (C=O) groups excluding carboxylic acids is 1. The van der Waals surface area contributed by atoms with Crippen molar-refractivity contribution in [2.45, 2.75) is 19.5 Å². The van der Waals surface area contributed by atoms with Crippen LogP contribution in [0.5, 0.6) is 0 Å². The van der Waals surface area contributed by atoms with Gasteiger partial charge in [-0.3, -0.25) is 0 Å². The molecule has 0 unspecified atom stereocenters. The lowest BCUT2D eigenvalue weighted by Gasteiger charge is -2.03. The summed E-state index contributed by atoms with van der Waals surface area (Å²) in [5.74, 6) is -2.84. The Bertz CT molecular complexity index is 401. The standard InChI is InChI=1S/C9H11F3N2O3/c1-2-16-8(15)6-7(9(10,11)12)17-5(14-6)3-4-13/h2-4,13H2,1H3. The quantitative estimate of drug-likeness (QED) is 0.819. The highest BCUT2D eigenvalue weighted by molar-refractivity contribution is 5.88. The van der Waals surface area contributed by atoms with Crippen molar-refractivity contribution in [2.24, 2.45) is 5.73 Å². The van der Waals surface area contributed by atoms with Gasteiger partial charge in [0.15, 0.2) is 11.6 Å². The fourth-order valence-electron chi connectivity index (χ4n) is 1.12. The topological polar surface area (TPSA) is 78.3 Å². The number of esters is 1. The lowest BCUT2D eigenvalue weighted by molar-refractivity contribution is -0.154. The van der Waals surface area contributed by atoms with Gasteiger partial charge in [-0.1, -0.05) is 0 Å². The maximum atomic E-state index is 12.5. The van der Waals surface area contributed by atoms with Gasteiger partial charge in [0.1, 0.15) is 0 Å². The summed E-state index contributed by atoms with van der Waals surface area (Å²) in [6.45, 7) is 1.50. The summed E-state index contributed by atoms with van der Waals surface area (Å²) in [6, 6.07) is 0. The third-order valence-corrected chi connectivity index (χ3v) is 1.76. The second-order valence-corrected chi connectivity index (χ2v) is 3.04. The summed E-state index contributed by atoms with van der Waals surface area (Å²) in [6.07, 6.45) is -4.77. The van der Waals surface area contributed by atoms with Crippen LogP contribution in [0.3, 0.4) is 0 Å². The van der Waals surface area contributed by atoms with E-state index in [0.717, 1.165) is 0 Å². The molecule has 0 aliphatic carbocycles. The van der Waals surface area contributed by atoms with Crippen molar-refractivity contribution < 1.29 is 27.1 Å². The van der Waals surface area contributed by atoms with Crippen LogP contribution in [0.25, 0.3) is 0 Å². The molecular formula is C9H11F3N2O3. The summed E-state index contributed by atoms with van der Waals surface area (Å²) in [7, 11) is 0. The van der Waals surface area contributed by atoms with Crippen molar-refractivity contribution in [2.75, 3.05) is 13.2 Å². The average Bonchev–Trinajstić information content (AvgIpc) is 2.62. The predicted octanol–water partition coefficient (Wildman–Crippen LogP) is 1.37. The maximum absolute atomic E-state index is 12.5. The van der Waals surface area contributed by atoms with Crippen LogP contribution in [0, 0.1) is 0 Å². The number of hydrogen-bond acceptors (Lipinski definition) is 5. The number of aromatic nitrogens is 1. The van der Waals surface area contributed by atoms with Crippen molar-refractivity contribution >= 4 is 5.97 Å². The molecule has 17 heavy (non-hydrogen) atoms. The van der Waals surface area contributed by atoms with E-state index < -0.39 is 23.6 Å². The maximum Gasteiger partial charge on any atom is 0.452 e. The van der Waals surface area contributed by atoms with E-state index in [1.807, 2.05) is 0 Å². The number of nitrogens with zero attached hydrogens (tertiary/aromatic N) is 1. The number of carbonyl (C=O) groups is 1. The minimum atomic E-state index is -4.79.